The number of guanidine groups is 1. The van der Waals surface area contributed by atoms with E-state index in [-0.39, 0.29) is 37.6 Å². The maximum Gasteiger partial charge on any atom is 0.326 e. The second kappa shape index (κ2) is 7.06. The molecule has 1 aromatic heterocycles. The molecule has 11 heteroatoms. The molecule has 11 nitrogen and oxygen atoms in total. The molecule has 24 heavy (non-hydrogen) atoms. The molecule has 1 fully saturated rings. The Morgan fingerprint density at radius 3 is 2.62 bits per heavy atom. The van der Waals surface area contributed by atoms with E-state index in [0.29, 0.717) is 5.95 Å². The summed E-state index contributed by atoms with van der Waals surface area (Å²) in [7, 11) is 4.89. The van der Waals surface area contributed by atoms with Crippen LogP contribution in [0.1, 0.15) is 6.92 Å². The van der Waals surface area contributed by atoms with Gasteiger partial charge in [-0.1, -0.05) is 0 Å². The van der Waals surface area contributed by atoms with Crippen molar-refractivity contribution < 1.29 is 19.1 Å². The second-order valence-corrected chi connectivity index (χ2v) is 5.01. The summed E-state index contributed by atoms with van der Waals surface area (Å²) in [5, 5.41) is 8.13. The summed E-state index contributed by atoms with van der Waals surface area (Å²) in [5.74, 6) is -0.791. The van der Waals surface area contributed by atoms with Crippen LogP contribution >= 0.6 is 0 Å². The summed E-state index contributed by atoms with van der Waals surface area (Å²) in [4.78, 5) is 40.0. The van der Waals surface area contributed by atoms with Crippen molar-refractivity contribution in [2.75, 3.05) is 50.7 Å². The lowest BCUT2D eigenvalue weighted by molar-refractivity contribution is -0.146. The smallest absolute Gasteiger partial charge is 0.326 e. The highest BCUT2D eigenvalue weighted by Gasteiger charge is 2.37. The summed E-state index contributed by atoms with van der Waals surface area (Å²) in [5.41, 5.74) is 0. The van der Waals surface area contributed by atoms with Crippen molar-refractivity contribution in [3.8, 4) is 6.01 Å². The van der Waals surface area contributed by atoms with Crippen LogP contribution in [0.3, 0.4) is 0 Å². The van der Waals surface area contributed by atoms with Gasteiger partial charge in [0, 0.05) is 14.1 Å². The zero-order valence-electron chi connectivity index (χ0n) is 13.9. The second-order valence-electron chi connectivity index (χ2n) is 5.01. The lowest BCUT2D eigenvalue weighted by Gasteiger charge is -2.19. The van der Waals surface area contributed by atoms with Gasteiger partial charge in [-0.05, 0) is 6.92 Å². The van der Waals surface area contributed by atoms with Crippen molar-refractivity contribution in [3.05, 3.63) is 0 Å². The van der Waals surface area contributed by atoms with Gasteiger partial charge in [-0.25, -0.2) is 0 Å². The summed E-state index contributed by atoms with van der Waals surface area (Å²) in [6.45, 7) is 1.39. The molecule has 0 unspecified atom stereocenters. The molecule has 0 spiro atoms. The maximum atomic E-state index is 12.1. The average Bonchev–Trinajstić information content (AvgIpc) is 2.82. The number of carbonyl (C=O) groups excluding carboxylic acids is 2. The van der Waals surface area contributed by atoms with E-state index in [1.165, 1.54) is 12.0 Å². The molecule has 2 heterocycles. The minimum Gasteiger partial charge on any atom is -0.467 e. The van der Waals surface area contributed by atoms with Gasteiger partial charge in [0.05, 0.1) is 13.7 Å². The van der Waals surface area contributed by atoms with E-state index < -0.39 is 11.9 Å². The molecule has 0 radical (unpaired) electrons. The Morgan fingerprint density at radius 2 is 2.04 bits per heavy atom. The first-order valence-corrected chi connectivity index (χ1v) is 7.16. The summed E-state index contributed by atoms with van der Waals surface area (Å²) in [6.07, 6.45) is 0. The van der Waals surface area contributed by atoms with Gasteiger partial charge in [0.25, 0.3) is 0 Å². The number of rotatable bonds is 6. The number of ether oxygens (including phenoxy) is 2. The number of aromatic nitrogens is 3. The third kappa shape index (κ3) is 3.50. The van der Waals surface area contributed by atoms with E-state index in [9.17, 15) is 9.59 Å². The van der Waals surface area contributed by atoms with Crippen LogP contribution in [0.4, 0.5) is 11.9 Å². The number of nitrogens with zero attached hydrogens (tertiary/aromatic N) is 6. The standard InChI is InChI=1S/C13H19N7O4/c1-5-24-9(22)7-19-8(21)6-20(10(19)14)12-15-11(18(2)3)16-13(17-12)23-4/h14H,5-7H2,1-4H3. The first kappa shape index (κ1) is 17.4. The Kier molecular flexibility index (Phi) is 5.11. The number of carbonyl (C=O) groups is 2. The SMILES string of the molecule is CCOC(=O)CN1C(=N)N(c2nc(OC)nc(N(C)C)n2)CC1=O. The Hall–Kier alpha value is -2.98. The van der Waals surface area contributed by atoms with Crippen LogP contribution < -0.4 is 14.5 Å². The van der Waals surface area contributed by atoms with E-state index in [2.05, 4.69) is 15.0 Å². The van der Waals surface area contributed by atoms with Crippen LogP contribution in [-0.4, -0.2) is 78.6 Å². The van der Waals surface area contributed by atoms with Gasteiger partial charge in [-0.3, -0.25) is 24.8 Å². The van der Waals surface area contributed by atoms with Gasteiger partial charge in [0.15, 0.2) is 0 Å². The highest BCUT2D eigenvalue weighted by Crippen LogP contribution is 2.20. The number of hydrogen-bond acceptors (Lipinski definition) is 9. The highest BCUT2D eigenvalue weighted by molar-refractivity contribution is 6.13. The molecule has 130 valence electrons. The Bertz CT molecular complexity index is 664. The highest BCUT2D eigenvalue weighted by atomic mass is 16.5. The Labute approximate surface area is 138 Å². The number of esters is 1. The fourth-order valence-electron chi connectivity index (χ4n) is 1.97. The summed E-state index contributed by atoms with van der Waals surface area (Å²) >= 11 is 0. The molecular weight excluding hydrogens is 318 g/mol. The number of anilines is 2. The molecule has 0 atom stereocenters. The number of methoxy groups -OCH3 is 1. The quantitative estimate of drug-likeness (QED) is 0.657. The lowest BCUT2D eigenvalue weighted by Crippen LogP contribution is -2.38. The molecule has 0 aliphatic carbocycles. The molecule has 0 aromatic carbocycles. The fraction of sp³-hybridized carbons (Fsp3) is 0.538. The first-order chi connectivity index (χ1) is 11.4. The zero-order valence-corrected chi connectivity index (χ0v) is 13.9. The van der Waals surface area contributed by atoms with Gasteiger partial charge in [-0.15, -0.1) is 0 Å². The molecule has 1 aliphatic rings. The third-order valence-electron chi connectivity index (χ3n) is 3.11. The summed E-state index contributed by atoms with van der Waals surface area (Å²) < 4.78 is 9.84. The monoisotopic (exact) mass is 337 g/mol. The zero-order chi connectivity index (χ0) is 17.9. The van der Waals surface area contributed by atoms with E-state index in [0.717, 1.165) is 4.90 Å². The Morgan fingerprint density at radius 1 is 1.33 bits per heavy atom. The molecule has 0 saturated carbocycles. The molecule has 1 aromatic rings. The van der Waals surface area contributed by atoms with Crippen molar-refractivity contribution in [1.29, 1.82) is 5.41 Å². The van der Waals surface area contributed by atoms with Crippen molar-refractivity contribution >= 4 is 29.7 Å². The largest absolute Gasteiger partial charge is 0.467 e. The molecule has 1 amide bonds. The number of amides is 1. The van der Waals surface area contributed by atoms with Crippen LogP contribution in [0.25, 0.3) is 0 Å². The predicted octanol–water partition coefficient (Wildman–Crippen LogP) is -0.907. The topological polar surface area (TPSA) is 125 Å². The first-order valence-electron chi connectivity index (χ1n) is 7.16. The number of nitrogens with one attached hydrogen (secondary N) is 1. The molecule has 1 saturated heterocycles. The van der Waals surface area contributed by atoms with Crippen LogP contribution in [0, 0.1) is 5.41 Å². The van der Waals surface area contributed by atoms with Gasteiger partial charge in [0.2, 0.25) is 23.8 Å². The van der Waals surface area contributed by atoms with E-state index >= 15 is 0 Å². The van der Waals surface area contributed by atoms with E-state index in [1.54, 1.807) is 25.9 Å². The molecule has 2 rings (SSSR count). The van der Waals surface area contributed by atoms with Gasteiger partial charge < -0.3 is 14.4 Å². The van der Waals surface area contributed by atoms with Crippen molar-refractivity contribution in [3.63, 3.8) is 0 Å². The van der Waals surface area contributed by atoms with Crippen molar-refractivity contribution in [2.24, 2.45) is 0 Å². The normalized spacial score (nSPS) is 14.2. The van der Waals surface area contributed by atoms with Crippen LogP contribution in [-0.2, 0) is 14.3 Å². The van der Waals surface area contributed by atoms with E-state index in [1.807, 2.05) is 0 Å². The van der Waals surface area contributed by atoms with Crippen LogP contribution in [0.2, 0.25) is 0 Å². The van der Waals surface area contributed by atoms with Gasteiger partial charge in [-0.2, -0.15) is 15.0 Å². The molecule has 0 bridgehead atoms. The number of hydrogen-bond donors (Lipinski definition) is 1. The predicted molar refractivity (Wildman–Crippen MR) is 84.1 cm³/mol. The minimum absolute atomic E-state index is 0.0628. The van der Waals surface area contributed by atoms with Gasteiger partial charge in [0.1, 0.15) is 13.1 Å². The van der Waals surface area contributed by atoms with Crippen molar-refractivity contribution in [1.82, 2.24) is 19.9 Å². The van der Waals surface area contributed by atoms with Crippen LogP contribution in [0.15, 0.2) is 0 Å². The molecule has 1 aliphatic heterocycles. The maximum absolute atomic E-state index is 12.1. The fourth-order valence-corrected chi connectivity index (χ4v) is 1.97. The third-order valence-corrected chi connectivity index (χ3v) is 3.11. The van der Waals surface area contributed by atoms with Gasteiger partial charge >= 0.3 is 12.0 Å². The molecule has 1 N–H and O–H groups in total. The lowest BCUT2D eigenvalue weighted by atomic mass is 10.5. The minimum atomic E-state index is -0.584. The van der Waals surface area contributed by atoms with E-state index in [4.69, 9.17) is 14.9 Å². The van der Waals surface area contributed by atoms with Crippen LogP contribution in [0.5, 0.6) is 6.01 Å². The molecular formula is C13H19N7O4. The van der Waals surface area contributed by atoms with Crippen molar-refractivity contribution in [2.45, 2.75) is 6.92 Å². The average molecular weight is 337 g/mol. The Balaban J connectivity index is 2.27. The summed E-state index contributed by atoms with van der Waals surface area (Å²) in [6, 6.07) is 0.0628.